The van der Waals surface area contributed by atoms with Crippen molar-refractivity contribution in [2.24, 2.45) is 0 Å². The molecule has 7 aromatic carbocycles. The SMILES string of the molecule is C1=Cc2ccc(-c3nc(-c4ccccc4)cc(-c4ccc(-c5cccnc5)cc4)n3)cc2-c2cc3oc4ccccc4c3cc2Sc2ccccc2-c2ccccc21. The molecule has 0 aliphatic carbocycles. The van der Waals surface area contributed by atoms with Crippen LogP contribution < -0.4 is 0 Å². The summed E-state index contributed by atoms with van der Waals surface area (Å²) in [5, 5.41) is 2.20. The monoisotopic (exact) mass is 759 g/mol. The normalized spacial score (nSPS) is 12.0. The fourth-order valence-electron chi connectivity index (χ4n) is 7.93. The Balaban J connectivity index is 1.13. The molecule has 272 valence electrons. The van der Waals surface area contributed by atoms with Crippen LogP contribution in [0.25, 0.3) is 101 Å². The smallest absolute Gasteiger partial charge is 0.160 e. The zero-order chi connectivity index (χ0) is 38.4. The van der Waals surface area contributed by atoms with Crippen molar-refractivity contribution in [1.82, 2.24) is 15.0 Å². The molecule has 0 radical (unpaired) electrons. The summed E-state index contributed by atoms with van der Waals surface area (Å²) in [6.07, 6.45) is 8.16. The van der Waals surface area contributed by atoms with Crippen LogP contribution in [0.4, 0.5) is 0 Å². The lowest BCUT2D eigenvalue weighted by Gasteiger charge is -2.16. The summed E-state index contributed by atoms with van der Waals surface area (Å²) in [5.74, 6) is 0.656. The van der Waals surface area contributed by atoms with Gasteiger partial charge in [-0.3, -0.25) is 4.98 Å². The van der Waals surface area contributed by atoms with Crippen molar-refractivity contribution in [3.05, 3.63) is 199 Å². The molecule has 0 atom stereocenters. The second-order valence-corrected chi connectivity index (χ2v) is 15.5. The topological polar surface area (TPSA) is 51.8 Å². The van der Waals surface area contributed by atoms with Gasteiger partial charge in [0.25, 0.3) is 0 Å². The van der Waals surface area contributed by atoms with E-state index in [1.807, 2.05) is 30.5 Å². The van der Waals surface area contributed by atoms with Crippen molar-refractivity contribution in [2.45, 2.75) is 9.79 Å². The molecule has 1 aliphatic heterocycles. The van der Waals surface area contributed by atoms with Crippen LogP contribution in [0.3, 0.4) is 0 Å². The minimum atomic E-state index is 0.656. The van der Waals surface area contributed by atoms with E-state index in [2.05, 4.69) is 169 Å². The fraction of sp³-hybridized carbons (Fsp3) is 0. The molecule has 0 saturated heterocycles. The Hall–Kier alpha value is -7.34. The molecule has 0 fully saturated rings. The van der Waals surface area contributed by atoms with E-state index in [1.54, 1.807) is 18.0 Å². The molecule has 0 spiro atoms. The van der Waals surface area contributed by atoms with E-state index in [0.717, 1.165) is 88.3 Å². The van der Waals surface area contributed by atoms with E-state index in [9.17, 15) is 0 Å². The molecule has 0 N–H and O–H groups in total. The first-order chi connectivity index (χ1) is 28.7. The van der Waals surface area contributed by atoms with Gasteiger partial charge >= 0.3 is 0 Å². The van der Waals surface area contributed by atoms with Gasteiger partial charge < -0.3 is 4.42 Å². The van der Waals surface area contributed by atoms with Crippen LogP contribution in [-0.2, 0) is 0 Å². The summed E-state index contributed by atoms with van der Waals surface area (Å²) >= 11 is 1.80. The van der Waals surface area contributed by atoms with Gasteiger partial charge in [-0.05, 0) is 87.0 Å². The van der Waals surface area contributed by atoms with Gasteiger partial charge in [-0.25, -0.2) is 9.97 Å². The summed E-state index contributed by atoms with van der Waals surface area (Å²) in [5.41, 5.74) is 15.4. The Morgan fingerprint density at radius 1 is 0.397 bits per heavy atom. The summed E-state index contributed by atoms with van der Waals surface area (Å²) in [6, 6.07) is 61.8. The van der Waals surface area contributed by atoms with Gasteiger partial charge in [0, 0.05) is 49.6 Å². The molecule has 0 amide bonds. The van der Waals surface area contributed by atoms with E-state index < -0.39 is 0 Å². The van der Waals surface area contributed by atoms with Crippen molar-refractivity contribution in [3.8, 4) is 67.3 Å². The van der Waals surface area contributed by atoms with E-state index in [0.29, 0.717) is 5.82 Å². The first-order valence-corrected chi connectivity index (χ1v) is 20.1. The lowest BCUT2D eigenvalue weighted by atomic mass is 9.94. The number of hydrogen-bond donors (Lipinski definition) is 0. The third-order valence-corrected chi connectivity index (χ3v) is 12.0. The highest BCUT2D eigenvalue weighted by Crippen LogP contribution is 2.47. The number of furan rings is 1. The Bertz CT molecular complexity index is 3190. The lowest BCUT2D eigenvalue weighted by Crippen LogP contribution is -1.97. The number of hydrogen-bond acceptors (Lipinski definition) is 5. The third kappa shape index (κ3) is 6.19. The van der Waals surface area contributed by atoms with Crippen LogP contribution in [0.15, 0.2) is 203 Å². The number of fused-ring (bicyclic) bond motifs is 9. The Kier molecular flexibility index (Phi) is 8.37. The van der Waals surface area contributed by atoms with Gasteiger partial charge in [-0.1, -0.05) is 157 Å². The molecule has 5 heteroatoms. The molecule has 3 aromatic heterocycles. The van der Waals surface area contributed by atoms with Crippen LogP contribution in [-0.4, -0.2) is 15.0 Å². The lowest BCUT2D eigenvalue weighted by molar-refractivity contribution is 0.669. The molecule has 10 aromatic rings. The highest BCUT2D eigenvalue weighted by atomic mass is 32.2. The average molecular weight is 760 g/mol. The summed E-state index contributed by atoms with van der Waals surface area (Å²) in [6.45, 7) is 0. The van der Waals surface area contributed by atoms with Crippen LogP contribution in [0.2, 0.25) is 0 Å². The number of benzene rings is 7. The number of pyridine rings is 1. The Morgan fingerprint density at radius 3 is 1.90 bits per heavy atom. The maximum Gasteiger partial charge on any atom is 0.160 e. The zero-order valence-corrected chi connectivity index (χ0v) is 32.0. The van der Waals surface area contributed by atoms with E-state index in [1.165, 1.54) is 16.0 Å². The first-order valence-electron chi connectivity index (χ1n) is 19.3. The molecule has 11 rings (SSSR count). The Labute approximate surface area is 340 Å². The van der Waals surface area contributed by atoms with Gasteiger partial charge in [0.1, 0.15) is 11.2 Å². The molecular formula is C53H33N3OS. The minimum absolute atomic E-state index is 0.656. The number of para-hydroxylation sites is 1. The van der Waals surface area contributed by atoms with Crippen molar-refractivity contribution >= 4 is 45.9 Å². The van der Waals surface area contributed by atoms with E-state index in [-0.39, 0.29) is 0 Å². The van der Waals surface area contributed by atoms with Gasteiger partial charge in [0.05, 0.1) is 11.4 Å². The van der Waals surface area contributed by atoms with Crippen LogP contribution in [0.5, 0.6) is 0 Å². The van der Waals surface area contributed by atoms with Gasteiger partial charge in [-0.15, -0.1) is 0 Å². The molecule has 0 bridgehead atoms. The largest absolute Gasteiger partial charge is 0.456 e. The molecule has 0 saturated carbocycles. The number of nitrogens with zero attached hydrogens (tertiary/aromatic N) is 3. The first kappa shape index (κ1) is 34.0. The van der Waals surface area contributed by atoms with Gasteiger partial charge in [-0.2, -0.15) is 0 Å². The fourth-order valence-corrected chi connectivity index (χ4v) is 9.06. The number of aromatic nitrogens is 3. The minimum Gasteiger partial charge on any atom is -0.456 e. The molecular weight excluding hydrogens is 727 g/mol. The quantitative estimate of drug-likeness (QED) is 0.179. The third-order valence-electron chi connectivity index (χ3n) is 10.9. The van der Waals surface area contributed by atoms with Crippen LogP contribution in [0.1, 0.15) is 11.1 Å². The maximum atomic E-state index is 6.53. The second kappa shape index (κ2) is 14.3. The van der Waals surface area contributed by atoms with E-state index >= 15 is 0 Å². The molecule has 58 heavy (non-hydrogen) atoms. The van der Waals surface area contributed by atoms with Crippen molar-refractivity contribution in [3.63, 3.8) is 0 Å². The van der Waals surface area contributed by atoms with E-state index in [4.69, 9.17) is 14.4 Å². The summed E-state index contributed by atoms with van der Waals surface area (Å²) in [7, 11) is 0. The average Bonchev–Trinajstić information content (AvgIpc) is 3.65. The highest BCUT2D eigenvalue weighted by molar-refractivity contribution is 7.99. The van der Waals surface area contributed by atoms with Crippen LogP contribution >= 0.6 is 11.8 Å². The van der Waals surface area contributed by atoms with Crippen molar-refractivity contribution in [2.75, 3.05) is 0 Å². The zero-order valence-electron chi connectivity index (χ0n) is 31.2. The summed E-state index contributed by atoms with van der Waals surface area (Å²) < 4.78 is 6.53. The molecule has 4 nitrogen and oxygen atoms in total. The maximum absolute atomic E-state index is 6.53. The van der Waals surface area contributed by atoms with Gasteiger partial charge in [0.2, 0.25) is 0 Å². The predicted octanol–water partition coefficient (Wildman–Crippen LogP) is 14.4. The summed E-state index contributed by atoms with van der Waals surface area (Å²) in [4.78, 5) is 17.2. The second-order valence-electron chi connectivity index (χ2n) is 14.4. The standard InChI is InChI=1S/C53H33N3OS/c1-2-12-37(13-3-1)47-32-48(38-25-20-34(21-26-38)40-14-10-28-54-33-40)56-53(55-47)39-27-24-36-23-22-35-11-4-5-15-41(35)43-17-7-9-19-51(43)58-52-31-45-42-16-6-8-18-49(42)57-50(45)30-46(52)44(36)29-39/h1-33H. The Morgan fingerprint density at radius 2 is 1.07 bits per heavy atom. The van der Waals surface area contributed by atoms with Gasteiger partial charge in [0.15, 0.2) is 5.82 Å². The van der Waals surface area contributed by atoms with Crippen molar-refractivity contribution in [1.29, 1.82) is 0 Å². The van der Waals surface area contributed by atoms with Crippen molar-refractivity contribution < 1.29 is 4.42 Å². The predicted molar refractivity (Wildman–Crippen MR) is 239 cm³/mol. The highest BCUT2D eigenvalue weighted by Gasteiger charge is 2.20. The molecule has 0 unspecified atom stereocenters. The number of rotatable bonds is 4. The molecule has 4 heterocycles. The molecule has 1 aliphatic rings. The van der Waals surface area contributed by atoms with Crippen LogP contribution in [0, 0.1) is 0 Å².